The predicted octanol–water partition coefficient (Wildman–Crippen LogP) is 4.92. The summed E-state index contributed by atoms with van der Waals surface area (Å²) in [5.74, 6) is 0.0345. The molecule has 0 spiro atoms. The topological polar surface area (TPSA) is 59.2 Å². The monoisotopic (exact) mass is 421 g/mol. The van der Waals surface area contributed by atoms with Crippen molar-refractivity contribution in [2.24, 2.45) is 0 Å². The maximum Gasteiger partial charge on any atom is 0.416 e. The Morgan fingerprint density at radius 1 is 1.14 bits per heavy atom. The molecule has 1 fully saturated rings. The van der Waals surface area contributed by atoms with Gasteiger partial charge in [0.2, 0.25) is 17.6 Å². The predicted molar refractivity (Wildman–Crippen MR) is 99.0 cm³/mol. The van der Waals surface area contributed by atoms with Gasteiger partial charge in [-0.05, 0) is 35.9 Å². The smallest absolute Gasteiger partial charge is 0.339 e. The second-order valence-electron chi connectivity index (χ2n) is 6.79. The van der Waals surface area contributed by atoms with Gasteiger partial charge in [-0.25, -0.2) is 0 Å². The van der Waals surface area contributed by atoms with Gasteiger partial charge in [-0.2, -0.15) is 18.2 Å². The first-order valence-corrected chi connectivity index (χ1v) is 9.21. The molecular formula is C20H15ClF3N3O2. The Morgan fingerprint density at radius 3 is 2.59 bits per heavy atom. The van der Waals surface area contributed by atoms with E-state index < -0.39 is 11.7 Å². The van der Waals surface area contributed by atoms with Gasteiger partial charge < -0.3 is 9.42 Å². The molecule has 0 aliphatic carbocycles. The van der Waals surface area contributed by atoms with Crippen LogP contribution >= 0.6 is 11.6 Å². The molecule has 0 N–H and O–H groups in total. The van der Waals surface area contributed by atoms with Crippen LogP contribution in [0.25, 0.3) is 11.4 Å². The maximum atomic E-state index is 13.2. The summed E-state index contributed by atoms with van der Waals surface area (Å²) < 4.78 is 44.9. The van der Waals surface area contributed by atoms with E-state index in [0.717, 1.165) is 6.07 Å². The van der Waals surface area contributed by atoms with E-state index in [4.69, 9.17) is 16.1 Å². The molecule has 1 aromatic heterocycles. The van der Waals surface area contributed by atoms with Crippen molar-refractivity contribution in [1.82, 2.24) is 15.0 Å². The van der Waals surface area contributed by atoms with Crippen molar-refractivity contribution in [3.63, 3.8) is 0 Å². The third-order valence-electron chi connectivity index (χ3n) is 4.79. The number of carbonyl (C=O) groups excluding carboxylic acids is 1. The number of hydrogen-bond donors (Lipinski definition) is 0. The fraction of sp³-hybridized carbons (Fsp3) is 0.250. The molecule has 4 rings (SSSR count). The highest BCUT2D eigenvalue weighted by Crippen LogP contribution is 2.34. The Bertz CT molecular complexity index is 1030. The highest BCUT2D eigenvalue weighted by Gasteiger charge is 2.37. The van der Waals surface area contributed by atoms with Crippen LogP contribution in [0, 0.1) is 0 Å². The van der Waals surface area contributed by atoms with E-state index >= 15 is 0 Å². The van der Waals surface area contributed by atoms with Crippen LogP contribution in [-0.2, 0) is 17.5 Å². The number of hydrogen-bond acceptors (Lipinski definition) is 4. The molecule has 0 saturated carbocycles. The molecule has 3 aromatic rings. The first-order chi connectivity index (χ1) is 13.8. The molecule has 0 bridgehead atoms. The summed E-state index contributed by atoms with van der Waals surface area (Å²) in [6.07, 6.45) is -4.37. The van der Waals surface area contributed by atoms with Crippen LogP contribution in [0.5, 0.6) is 0 Å². The van der Waals surface area contributed by atoms with E-state index in [-0.39, 0.29) is 42.8 Å². The van der Waals surface area contributed by atoms with Crippen LogP contribution in [0.2, 0.25) is 5.02 Å². The molecule has 1 aliphatic rings. The number of aromatic nitrogens is 2. The lowest BCUT2D eigenvalue weighted by molar-refractivity contribution is -0.139. The van der Waals surface area contributed by atoms with Gasteiger partial charge in [0.05, 0.1) is 11.5 Å². The van der Waals surface area contributed by atoms with Crippen LogP contribution in [0.3, 0.4) is 0 Å². The Balaban J connectivity index is 1.50. The van der Waals surface area contributed by atoms with Crippen molar-refractivity contribution < 1.29 is 22.5 Å². The molecule has 150 valence electrons. The minimum atomic E-state index is -4.47. The van der Waals surface area contributed by atoms with Crippen molar-refractivity contribution in [3.8, 4) is 11.4 Å². The van der Waals surface area contributed by atoms with Crippen LogP contribution in [0.15, 0.2) is 53.1 Å². The van der Waals surface area contributed by atoms with Crippen molar-refractivity contribution in [1.29, 1.82) is 0 Å². The molecule has 5 nitrogen and oxygen atoms in total. The van der Waals surface area contributed by atoms with Gasteiger partial charge in [0, 0.05) is 30.1 Å². The summed E-state index contributed by atoms with van der Waals surface area (Å²) in [5.41, 5.74) is 0.0325. The zero-order chi connectivity index (χ0) is 20.6. The van der Waals surface area contributed by atoms with Gasteiger partial charge in [-0.3, -0.25) is 4.79 Å². The number of carbonyl (C=O) groups is 1. The summed E-state index contributed by atoms with van der Waals surface area (Å²) in [5, 5.41) is 4.51. The minimum absolute atomic E-state index is 0.0568. The standard InChI is InChI=1S/C20H15ClF3N3O2/c21-15-7-5-12(6-8-15)18-25-19(29-26-18)14-9-17(28)27(11-14)10-13-3-1-2-4-16(13)20(22,23)24/h1-8,14H,9-11H2. The normalized spacial score (nSPS) is 17.2. The third-order valence-corrected chi connectivity index (χ3v) is 5.04. The van der Waals surface area contributed by atoms with Crippen molar-refractivity contribution in [3.05, 3.63) is 70.6 Å². The van der Waals surface area contributed by atoms with Gasteiger partial charge in [0.15, 0.2) is 0 Å². The van der Waals surface area contributed by atoms with Gasteiger partial charge >= 0.3 is 6.18 Å². The van der Waals surface area contributed by atoms with Crippen LogP contribution in [0.4, 0.5) is 13.2 Å². The van der Waals surface area contributed by atoms with Crippen molar-refractivity contribution >= 4 is 17.5 Å². The van der Waals surface area contributed by atoms with E-state index in [9.17, 15) is 18.0 Å². The lowest BCUT2D eigenvalue weighted by Gasteiger charge is -2.19. The van der Waals surface area contributed by atoms with Gasteiger partial charge in [0.1, 0.15) is 0 Å². The minimum Gasteiger partial charge on any atom is -0.339 e. The Kier molecular flexibility index (Phi) is 5.04. The average Bonchev–Trinajstić information content (AvgIpc) is 3.29. The van der Waals surface area contributed by atoms with Crippen LogP contribution in [-0.4, -0.2) is 27.5 Å². The number of rotatable bonds is 4. The second-order valence-corrected chi connectivity index (χ2v) is 7.23. The summed E-state index contributed by atoms with van der Waals surface area (Å²) >= 11 is 5.87. The molecule has 1 atom stereocenters. The lowest BCUT2D eigenvalue weighted by Crippen LogP contribution is -2.26. The van der Waals surface area contributed by atoms with Gasteiger partial charge in [-0.15, -0.1) is 0 Å². The van der Waals surface area contributed by atoms with E-state index in [1.807, 2.05) is 0 Å². The molecule has 9 heteroatoms. The second kappa shape index (κ2) is 7.51. The Morgan fingerprint density at radius 2 is 1.86 bits per heavy atom. The summed E-state index contributed by atoms with van der Waals surface area (Å²) in [7, 11) is 0. The van der Waals surface area contributed by atoms with Crippen LogP contribution < -0.4 is 0 Å². The number of halogens is 4. The van der Waals surface area contributed by atoms with Gasteiger partial charge in [0.25, 0.3) is 0 Å². The molecule has 2 aromatic carbocycles. The Labute approximate surface area is 169 Å². The number of likely N-dealkylation sites (tertiary alicyclic amines) is 1. The molecule has 1 unspecified atom stereocenters. The fourth-order valence-corrected chi connectivity index (χ4v) is 3.47. The molecular weight excluding hydrogens is 407 g/mol. The Hall–Kier alpha value is -2.87. The highest BCUT2D eigenvalue weighted by atomic mass is 35.5. The number of amides is 1. The average molecular weight is 422 g/mol. The molecule has 1 aliphatic heterocycles. The first-order valence-electron chi connectivity index (χ1n) is 8.83. The fourth-order valence-electron chi connectivity index (χ4n) is 3.35. The number of benzene rings is 2. The summed E-state index contributed by atoms with van der Waals surface area (Å²) in [4.78, 5) is 18.1. The van der Waals surface area contributed by atoms with Crippen LogP contribution in [0.1, 0.15) is 29.4 Å². The summed E-state index contributed by atoms with van der Waals surface area (Å²) in [6, 6.07) is 12.2. The molecule has 0 radical (unpaired) electrons. The van der Waals surface area contributed by atoms with E-state index in [1.165, 1.54) is 23.1 Å². The molecule has 2 heterocycles. The zero-order valence-electron chi connectivity index (χ0n) is 15.0. The lowest BCUT2D eigenvalue weighted by atomic mass is 10.1. The van der Waals surface area contributed by atoms with E-state index in [1.54, 1.807) is 24.3 Å². The largest absolute Gasteiger partial charge is 0.416 e. The first kappa shape index (κ1) is 19.4. The number of alkyl halides is 3. The SMILES string of the molecule is O=C1CC(c2nc(-c3ccc(Cl)cc3)no2)CN1Cc1ccccc1C(F)(F)F. The molecule has 1 saturated heterocycles. The summed E-state index contributed by atoms with van der Waals surface area (Å²) in [6.45, 7) is 0.0937. The van der Waals surface area contributed by atoms with Gasteiger partial charge in [-0.1, -0.05) is 35.0 Å². The van der Waals surface area contributed by atoms with Crippen molar-refractivity contribution in [2.45, 2.75) is 25.1 Å². The van der Waals surface area contributed by atoms with E-state index in [0.29, 0.717) is 16.4 Å². The highest BCUT2D eigenvalue weighted by molar-refractivity contribution is 6.30. The van der Waals surface area contributed by atoms with E-state index in [2.05, 4.69) is 10.1 Å². The number of nitrogens with zero attached hydrogens (tertiary/aromatic N) is 3. The van der Waals surface area contributed by atoms with Crippen molar-refractivity contribution in [2.75, 3.05) is 6.54 Å². The molecule has 1 amide bonds. The third kappa shape index (κ3) is 4.12. The maximum absolute atomic E-state index is 13.2. The molecule has 29 heavy (non-hydrogen) atoms. The quantitative estimate of drug-likeness (QED) is 0.599. The zero-order valence-corrected chi connectivity index (χ0v) is 15.7.